The molecule has 0 spiro atoms. The molecule has 1 fully saturated rings. The Labute approximate surface area is 150 Å². The molecular weight excluding hydrogens is 336 g/mol. The fourth-order valence-corrected chi connectivity index (χ4v) is 3.91. The standard InChI is InChI=1S/C18H20N4O4/c1-26-16-11(7-10-3-2-4-14(10)21-16)17(23)22-8-12(13(9-22)18(24)25)15-19-5-6-20-15/h5-7,12-13H,2-4,8-9H2,1H3,(H,19,20)(H,24,25)/t12-,13-/m1/s1. The maximum Gasteiger partial charge on any atom is 0.309 e. The van der Waals surface area contributed by atoms with E-state index in [2.05, 4.69) is 15.0 Å². The van der Waals surface area contributed by atoms with Gasteiger partial charge in [0, 0.05) is 37.1 Å². The number of ether oxygens (including phenoxy) is 1. The number of aromatic amines is 1. The van der Waals surface area contributed by atoms with E-state index in [1.165, 1.54) is 7.11 Å². The topological polar surface area (TPSA) is 108 Å². The summed E-state index contributed by atoms with van der Waals surface area (Å²) in [5.74, 6) is -1.33. The zero-order chi connectivity index (χ0) is 18.3. The summed E-state index contributed by atoms with van der Waals surface area (Å²) in [5, 5.41) is 9.56. The number of methoxy groups -OCH3 is 1. The van der Waals surface area contributed by atoms with Crippen molar-refractivity contribution in [1.29, 1.82) is 0 Å². The molecule has 1 aliphatic heterocycles. The van der Waals surface area contributed by atoms with Crippen LogP contribution in [0.25, 0.3) is 0 Å². The van der Waals surface area contributed by atoms with Gasteiger partial charge < -0.3 is 19.7 Å². The highest BCUT2D eigenvalue weighted by molar-refractivity contribution is 5.97. The third-order valence-corrected chi connectivity index (χ3v) is 5.23. The minimum Gasteiger partial charge on any atom is -0.481 e. The Hall–Kier alpha value is -2.90. The van der Waals surface area contributed by atoms with Gasteiger partial charge in [0.05, 0.1) is 13.0 Å². The number of carbonyl (C=O) groups excluding carboxylic acids is 1. The highest BCUT2D eigenvalue weighted by Gasteiger charge is 2.42. The van der Waals surface area contributed by atoms with Crippen molar-refractivity contribution < 1.29 is 19.4 Å². The molecule has 8 heteroatoms. The summed E-state index contributed by atoms with van der Waals surface area (Å²) in [6.45, 7) is 0.434. The molecule has 2 atom stereocenters. The van der Waals surface area contributed by atoms with E-state index in [4.69, 9.17) is 4.74 Å². The van der Waals surface area contributed by atoms with Gasteiger partial charge in [-0.2, -0.15) is 0 Å². The SMILES string of the molecule is COc1nc2c(cc1C(=O)N1C[C@@H](C(=O)O)[C@H](c3ncc[nH]3)C1)CCC2. The lowest BCUT2D eigenvalue weighted by Gasteiger charge is -2.18. The number of pyridine rings is 1. The van der Waals surface area contributed by atoms with Crippen molar-refractivity contribution in [3.05, 3.63) is 41.1 Å². The van der Waals surface area contributed by atoms with Crippen molar-refractivity contribution in [2.24, 2.45) is 5.92 Å². The molecule has 3 heterocycles. The number of fused-ring (bicyclic) bond motifs is 1. The fraction of sp³-hybridized carbons (Fsp3) is 0.444. The zero-order valence-corrected chi connectivity index (χ0v) is 14.4. The number of aryl methyl sites for hydroxylation is 2. The Morgan fingerprint density at radius 3 is 2.88 bits per heavy atom. The third-order valence-electron chi connectivity index (χ3n) is 5.23. The molecule has 0 aromatic carbocycles. The Morgan fingerprint density at radius 1 is 1.35 bits per heavy atom. The number of carboxylic acids is 1. The lowest BCUT2D eigenvalue weighted by molar-refractivity contribution is -0.141. The van der Waals surface area contributed by atoms with Crippen molar-refractivity contribution in [3.8, 4) is 5.88 Å². The normalized spacial score (nSPS) is 21.7. The molecule has 2 aromatic heterocycles. The van der Waals surface area contributed by atoms with Gasteiger partial charge in [0.15, 0.2) is 0 Å². The second kappa shape index (κ2) is 6.44. The van der Waals surface area contributed by atoms with Crippen LogP contribution < -0.4 is 4.74 Å². The summed E-state index contributed by atoms with van der Waals surface area (Å²) in [4.78, 5) is 38.0. The molecule has 2 N–H and O–H groups in total. The van der Waals surface area contributed by atoms with Crippen molar-refractivity contribution in [2.75, 3.05) is 20.2 Å². The van der Waals surface area contributed by atoms with E-state index < -0.39 is 11.9 Å². The van der Waals surface area contributed by atoms with E-state index in [0.717, 1.165) is 30.5 Å². The average Bonchev–Trinajstić information content (AvgIpc) is 3.38. The summed E-state index contributed by atoms with van der Waals surface area (Å²) in [5.41, 5.74) is 2.46. The van der Waals surface area contributed by atoms with Crippen molar-refractivity contribution in [1.82, 2.24) is 19.9 Å². The number of rotatable bonds is 4. The van der Waals surface area contributed by atoms with Gasteiger partial charge in [-0.1, -0.05) is 0 Å². The van der Waals surface area contributed by atoms with Crippen LogP contribution in [0.5, 0.6) is 5.88 Å². The molecule has 26 heavy (non-hydrogen) atoms. The number of H-pyrrole nitrogens is 1. The van der Waals surface area contributed by atoms with Gasteiger partial charge in [0.1, 0.15) is 11.4 Å². The molecule has 2 aromatic rings. The van der Waals surface area contributed by atoms with Gasteiger partial charge >= 0.3 is 5.97 Å². The first-order chi connectivity index (χ1) is 12.6. The molecule has 0 unspecified atom stereocenters. The predicted octanol–water partition coefficient (Wildman–Crippen LogP) is 1.24. The van der Waals surface area contributed by atoms with Crippen molar-refractivity contribution in [2.45, 2.75) is 25.2 Å². The molecule has 4 rings (SSSR count). The Morgan fingerprint density at radius 2 is 2.19 bits per heavy atom. The maximum atomic E-state index is 13.1. The van der Waals surface area contributed by atoms with E-state index in [0.29, 0.717) is 23.8 Å². The number of aromatic nitrogens is 3. The van der Waals surface area contributed by atoms with Crippen LogP contribution in [0, 0.1) is 5.92 Å². The van der Waals surface area contributed by atoms with Crippen LogP contribution in [0.3, 0.4) is 0 Å². The van der Waals surface area contributed by atoms with Gasteiger partial charge in [0.25, 0.3) is 5.91 Å². The molecule has 0 saturated carbocycles. The minimum atomic E-state index is -0.930. The highest BCUT2D eigenvalue weighted by Crippen LogP contribution is 2.34. The monoisotopic (exact) mass is 356 g/mol. The number of aliphatic carboxylic acids is 1. The number of imidazole rings is 1. The summed E-state index contributed by atoms with van der Waals surface area (Å²) in [6, 6.07) is 1.85. The molecule has 1 saturated heterocycles. The number of nitrogens with zero attached hydrogens (tertiary/aromatic N) is 3. The first kappa shape index (κ1) is 16.6. The fourth-order valence-electron chi connectivity index (χ4n) is 3.91. The number of nitrogens with one attached hydrogen (secondary N) is 1. The van der Waals surface area contributed by atoms with Gasteiger partial charge in [-0.25, -0.2) is 9.97 Å². The predicted molar refractivity (Wildman–Crippen MR) is 91.2 cm³/mol. The second-order valence-corrected chi connectivity index (χ2v) is 6.74. The molecule has 1 aliphatic carbocycles. The minimum absolute atomic E-state index is 0.139. The van der Waals surface area contributed by atoms with E-state index in [9.17, 15) is 14.7 Å². The van der Waals surface area contributed by atoms with Crippen LogP contribution >= 0.6 is 0 Å². The maximum absolute atomic E-state index is 13.1. The number of hydrogen-bond donors (Lipinski definition) is 2. The number of amides is 1. The Balaban J connectivity index is 1.64. The van der Waals surface area contributed by atoms with Crippen LogP contribution in [0.15, 0.2) is 18.5 Å². The van der Waals surface area contributed by atoms with Crippen molar-refractivity contribution >= 4 is 11.9 Å². The molecule has 2 aliphatic rings. The van der Waals surface area contributed by atoms with E-state index >= 15 is 0 Å². The average molecular weight is 356 g/mol. The van der Waals surface area contributed by atoms with Crippen LogP contribution in [0.1, 0.15) is 39.8 Å². The highest BCUT2D eigenvalue weighted by atomic mass is 16.5. The first-order valence-corrected chi connectivity index (χ1v) is 8.66. The lowest BCUT2D eigenvalue weighted by atomic mass is 9.96. The lowest BCUT2D eigenvalue weighted by Crippen LogP contribution is -2.30. The molecule has 0 bridgehead atoms. The van der Waals surface area contributed by atoms with E-state index in [1.807, 2.05) is 6.07 Å². The summed E-state index contributed by atoms with van der Waals surface area (Å²) >= 11 is 0. The van der Waals surface area contributed by atoms with Crippen LogP contribution in [0.2, 0.25) is 0 Å². The van der Waals surface area contributed by atoms with Gasteiger partial charge in [0.2, 0.25) is 5.88 Å². The van der Waals surface area contributed by atoms with Crippen LogP contribution in [-0.4, -0.2) is 57.0 Å². The molecular formula is C18H20N4O4. The van der Waals surface area contributed by atoms with Gasteiger partial charge in [-0.3, -0.25) is 9.59 Å². The number of carboxylic acid groups (broad SMARTS) is 1. The van der Waals surface area contributed by atoms with E-state index in [-0.39, 0.29) is 18.4 Å². The molecule has 8 nitrogen and oxygen atoms in total. The van der Waals surface area contributed by atoms with Gasteiger partial charge in [-0.05, 0) is 30.9 Å². The smallest absolute Gasteiger partial charge is 0.309 e. The second-order valence-electron chi connectivity index (χ2n) is 6.74. The largest absolute Gasteiger partial charge is 0.481 e. The molecule has 0 radical (unpaired) electrons. The van der Waals surface area contributed by atoms with Crippen LogP contribution in [0.4, 0.5) is 0 Å². The summed E-state index contributed by atoms with van der Waals surface area (Å²) in [7, 11) is 1.50. The Bertz CT molecular complexity index is 849. The van der Waals surface area contributed by atoms with Crippen LogP contribution in [-0.2, 0) is 17.6 Å². The number of likely N-dealkylation sites (tertiary alicyclic amines) is 1. The summed E-state index contributed by atoms with van der Waals surface area (Å²) in [6.07, 6.45) is 6.07. The number of carbonyl (C=O) groups is 2. The molecule has 136 valence electrons. The third kappa shape index (κ3) is 2.71. The van der Waals surface area contributed by atoms with E-state index in [1.54, 1.807) is 17.3 Å². The van der Waals surface area contributed by atoms with Crippen molar-refractivity contribution in [3.63, 3.8) is 0 Å². The zero-order valence-electron chi connectivity index (χ0n) is 14.4. The quantitative estimate of drug-likeness (QED) is 0.853. The Kier molecular flexibility index (Phi) is 4.10. The number of hydrogen-bond acceptors (Lipinski definition) is 5. The summed E-state index contributed by atoms with van der Waals surface area (Å²) < 4.78 is 5.33. The first-order valence-electron chi connectivity index (χ1n) is 8.66. The van der Waals surface area contributed by atoms with Gasteiger partial charge in [-0.15, -0.1) is 0 Å². The molecule has 1 amide bonds.